The van der Waals surface area contributed by atoms with E-state index in [-0.39, 0.29) is 35.2 Å². The molecule has 1 rings (SSSR count). The van der Waals surface area contributed by atoms with Crippen molar-refractivity contribution in [2.24, 2.45) is 0 Å². The van der Waals surface area contributed by atoms with E-state index in [0.717, 1.165) is 18.2 Å². The van der Waals surface area contributed by atoms with Crippen molar-refractivity contribution in [2.75, 3.05) is 5.32 Å². The molecule has 0 heterocycles. The zero-order valence-corrected chi connectivity index (χ0v) is 10.5. The van der Waals surface area contributed by atoms with Crippen LogP contribution in [0.2, 0.25) is 0 Å². The standard InChI is InChI=1S/C10H12F2N2O3S.Na.H/c1-6(2)18(16,17)14-10(15)13-7-3-4-8(11)9(12)5-7;;/h3-6H,1-2H3,(H2,13,14,15);;. The summed E-state index contributed by atoms with van der Waals surface area (Å²) in [6, 6.07) is 1.65. The number of nitrogens with one attached hydrogen (secondary N) is 2. The molecule has 0 aliphatic heterocycles. The summed E-state index contributed by atoms with van der Waals surface area (Å²) < 4.78 is 49.9. The molecule has 0 saturated heterocycles. The van der Waals surface area contributed by atoms with Crippen LogP contribution in [0.25, 0.3) is 0 Å². The van der Waals surface area contributed by atoms with Gasteiger partial charge in [0.05, 0.1) is 5.25 Å². The van der Waals surface area contributed by atoms with Crippen molar-refractivity contribution in [2.45, 2.75) is 19.1 Å². The van der Waals surface area contributed by atoms with Crippen LogP contribution in [-0.2, 0) is 10.0 Å². The van der Waals surface area contributed by atoms with Gasteiger partial charge in [0.2, 0.25) is 10.0 Å². The fourth-order valence-electron chi connectivity index (χ4n) is 0.978. The molecular formula is C10H13F2N2NaO3S. The van der Waals surface area contributed by atoms with Crippen LogP contribution < -0.4 is 10.0 Å². The van der Waals surface area contributed by atoms with Gasteiger partial charge in [-0.2, -0.15) is 0 Å². The molecule has 0 aromatic heterocycles. The zero-order chi connectivity index (χ0) is 13.9. The number of carbonyl (C=O) groups excluding carboxylic acids is 1. The molecule has 1 aromatic carbocycles. The van der Waals surface area contributed by atoms with Crippen molar-refractivity contribution in [3.8, 4) is 0 Å². The van der Waals surface area contributed by atoms with Crippen molar-refractivity contribution >= 4 is 51.3 Å². The molecule has 19 heavy (non-hydrogen) atoms. The van der Waals surface area contributed by atoms with Gasteiger partial charge in [0.1, 0.15) is 0 Å². The molecule has 2 N–H and O–H groups in total. The Bertz CT molecular complexity index is 564. The average Bonchev–Trinajstić information content (AvgIpc) is 2.22. The second-order valence-electron chi connectivity index (χ2n) is 3.78. The van der Waals surface area contributed by atoms with Gasteiger partial charge in [0.25, 0.3) is 0 Å². The number of urea groups is 1. The molecule has 102 valence electrons. The van der Waals surface area contributed by atoms with Gasteiger partial charge in [-0.1, -0.05) is 0 Å². The molecule has 0 unspecified atom stereocenters. The number of amides is 2. The molecule has 0 fully saturated rings. The van der Waals surface area contributed by atoms with E-state index in [0.29, 0.717) is 0 Å². The molecule has 0 saturated carbocycles. The van der Waals surface area contributed by atoms with Crippen molar-refractivity contribution in [3.05, 3.63) is 29.8 Å². The number of carbonyl (C=O) groups is 1. The summed E-state index contributed by atoms with van der Waals surface area (Å²) in [4.78, 5) is 11.3. The van der Waals surface area contributed by atoms with Crippen molar-refractivity contribution in [1.29, 1.82) is 0 Å². The zero-order valence-electron chi connectivity index (χ0n) is 9.70. The van der Waals surface area contributed by atoms with Gasteiger partial charge < -0.3 is 5.32 Å². The Labute approximate surface area is 132 Å². The monoisotopic (exact) mass is 302 g/mol. The van der Waals surface area contributed by atoms with Crippen LogP contribution in [-0.4, -0.2) is 49.3 Å². The average molecular weight is 302 g/mol. The van der Waals surface area contributed by atoms with E-state index in [4.69, 9.17) is 0 Å². The number of halogens is 2. The molecule has 0 spiro atoms. The first-order chi connectivity index (χ1) is 8.22. The summed E-state index contributed by atoms with van der Waals surface area (Å²) in [6.45, 7) is 2.79. The number of anilines is 1. The van der Waals surface area contributed by atoms with Crippen LogP contribution >= 0.6 is 0 Å². The second-order valence-corrected chi connectivity index (χ2v) is 6.02. The summed E-state index contributed by atoms with van der Waals surface area (Å²) in [5.41, 5.74) is -0.0506. The topological polar surface area (TPSA) is 75.3 Å². The van der Waals surface area contributed by atoms with E-state index in [9.17, 15) is 22.0 Å². The number of sulfonamides is 1. The van der Waals surface area contributed by atoms with Crippen LogP contribution in [0, 0.1) is 11.6 Å². The normalized spacial score (nSPS) is 10.8. The maximum absolute atomic E-state index is 12.8. The Kier molecular flexibility index (Phi) is 6.92. The van der Waals surface area contributed by atoms with Crippen molar-refractivity contribution < 1.29 is 22.0 Å². The Morgan fingerprint density at radius 1 is 1.21 bits per heavy atom. The summed E-state index contributed by atoms with van der Waals surface area (Å²) in [5, 5.41) is 1.30. The van der Waals surface area contributed by atoms with Gasteiger partial charge in [-0.15, -0.1) is 0 Å². The first-order valence-electron chi connectivity index (χ1n) is 5.00. The van der Waals surface area contributed by atoms with E-state index in [1.54, 1.807) is 4.72 Å². The van der Waals surface area contributed by atoms with Gasteiger partial charge in [0.15, 0.2) is 11.6 Å². The van der Waals surface area contributed by atoms with Gasteiger partial charge in [-0.25, -0.2) is 26.7 Å². The van der Waals surface area contributed by atoms with Crippen molar-refractivity contribution in [1.82, 2.24) is 4.72 Å². The molecule has 9 heteroatoms. The molecule has 0 aliphatic rings. The fourth-order valence-corrected chi connectivity index (χ4v) is 1.52. The predicted octanol–water partition coefficient (Wildman–Crippen LogP) is 1.18. The number of benzene rings is 1. The second kappa shape index (κ2) is 7.18. The molecule has 0 atom stereocenters. The van der Waals surface area contributed by atoms with E-state index >= 15 is 0 Å². The minimum absolute atomic E-state index is 0. The van der Waals surface area contributed by atoms with Gasteiger partial charge in [-0.3, -0.25) is 0 Å². The summed E-state index contributed by atoms with van der Waals surface area (Å²) >= 11 is 0. The third-order valence-corrected chi connectivity index (χ3v) is 3.74. The Hall–Kier alpha value is -0.700. The summed E-state index contributed by atoms with van der Waals surface area (Å²) in [7, 11) is -3.77. The van der Waals surface area contributed by atoms with Gasteiger partial charge in [-0.05, 0) is 26.0 Å². The van der Waals surface area contributed by atoms with Crippen molar-refractivity contribution in [3.63, 3.8) is 0 Å². The van der Waals surface area contributed by atoms with E-state index in [1.807, 2.05) is 0 Å². The Morgan fingerprint density at radius 2 is 1.79 bits per heavy atom. The van der Waals surface area contributed by atoms with Gasteiger partial charge in [0, 0.05) is 11.8 Å². The van der Waals surface area contributed by atoms with Crippen LogP contribution in [0.3, 0.4) is 0 Å². The van der Waals surface area contributed by atoms with Gasteiger partial charge >= 0.3 is 35.6 Å². The van der Waals surface area contributed by atoms with E-state index in [2.05, 4.69) is 5.32 Å². The molecule has 5 nitrogen and oxygen atoms in total. The predicted molar refractivity (Wildman–Crippen MR) is 69.7 cm³/mol. The molecule has 0 bridgehead atoms. The van der Waals surface area contributed by atoms with Crippen LogP contribution in [0.15, 0.2) is 18.2 Å². The maximum atomic E-state index is 12.8. The molecule has 0 radical (unpaired) electrons. The fraction of sp³-hybridized carbons (Fsp3) is 0.300. The first-order valence-corrected chi connectivity index (χ1v) is 6.54. The molecular weight excluding hydrogens is 289 g/mol. The molecule has 1 aromatic rings. The van der Waals surface area contributed by atoms with Crippen LogP contribution in [0.5, 0.6) is 0 Å². The van der Waals surface area contributed by atoms with E-state index < -0.39 is 32.9 Å². The Balaban J connectivity index is 0.00000324. The third-order valence-electron chi connectivity index (χ3n) is 2.03. The minimum atomic E-state index is -3.77. The van der Waals surface area contributed by atoms with Crippen LogP contribution in [0.4, 0.5) is 19.3 Å². The van der Waals surface area contributed by atoms with Crippen LogP contribution in [0.1, 0.15) is 13.8 Å². The molecule has 2 amide bonds. The number of hydrogen-bond donors (Lipinski definition) is 2. The van der Waals surface area contributed by atoms with E-state index in [1.165, 1.54) is 13.8 Å². The third kappa shape index (κ3) is 5.43. The number of rotatable bonds is 3. The SMILES string of the molecule is CC(C)S(=O)(=O)NC(=O)Nc1ccc(F)c(F)c1.[NaH]. The summed E-state index contributed by atoms with van der Waals surface area (Å²) in [5.74, 6) is -2.20. The summed E-state index contributed by atoms with van der Waals surface area (Å²) in [6.07, 6.45) is 0. The molecule has 0 aliphatic carbocycles. The Morgan fingerprint density at radius 3 is 2.26 bits per heavy atom. The number of hydrogen-bond acceptors (Lipinski definition) is 3. The quantitative estimate of drug-likeness (QED) is 0.823. The first kappa shape index (κ1) is 18.3.